The van der Waals surface area contributed by atoms with Crippen molar-refractivity contribution in [1.29, 1.82) is 0 Å². The SMILES string of the molecule is FC(F)(F)c1ccc2sc(C3CCCN3)nc2c1. The van der Waals surface area contributed by atoms with Crippen molar-refractivity contribution in [1.82, 2.24) is 10.3 Å². The van der Waals surface area contributed by atoms with Crippen LogP contribution >= 0.6 is 11.3 Å². The number of aromatic nitrogens is 1. The molecule has 2 aromatic rings. The summed E-state index contributed by atoms with van der Waals surface area (Å²) in [5, 5.41) is 4.19. The molecule has 1 aromatic carbocycles. The van der Waals surface area contributed by atoms with E-state index in [1.165, 1.54) is 17.4 Å². The highest BCUT2D eigenvalue weighted by Crippen LogP contribution is 2.35. The first-order valence-corrected chi connectivity index (χ1v) is 6.57. The van der Waals surface area contributed by atoms with Crippen molar-refractivity contribution in [2.75, 3.05) is 6.54 Å². The highest BCUT2D eigenvalue weighted by molar-refractivity contribution is 7.18. The summed E-state index contributed by atoms with van der Waals surface area (Å²) in [6, 6.07) is 3.96. The highest BCUT2D eigenvalue weighted by atomic mass is 32.1. The number of hydrogen-bond acceptors (Lipinski definition) is 3. The lowest BCUT2D eigenvalue weighted by Gasteiger charge is -2.05. The molecular weight excluding hydrogens is 261 g/mol. The molecule has 0 radical (unpaired) electrons. The third-order valence-corrected chi connectivity index (χ3v) is 4.24. The second-order valence-electron chi connectivity index (χ2n) is 4.38. The fourth-order valence-electron chi connectivity index (χ4n) is 2.17. The maximum atomic E-state index is 12.6. The van der Waals surface area contributed by atoms with Gasteiger partial charge in [-0.25, -0.2) is 4.98 Å². The Morgan fingerprint density at radius 1 is 1.33 bits per heavy atom. The molecule has 0 amide bonds. The first kappa shape index (κ1) is 11.9. The third-order valence-electron chi connectivity index (χ3n) is 3.09. The molecule has 1 fully saturated rings. The molecule has 6 heteroatoms. The minimum atomic E-state index is -4.30. The molecule has 1 aliphatic heterocycles. The average molecular weight is 272 g/mol. The van der Waals surface area contributed by atoms with E-state index in [1.54, 1.807) is 0 Å². The fourth-order valence-corrected chi connectivity index (χ4v) is 3.22. The van der Waals surface area contributed by atoms with Gasteiger partial charge in [-0.05, 0) is 37.6 Å². The van der Waals surface area contributed by atoms with E-state index in [2.05, 4.69) is 10.3 Å². The predicted octanol–water partition coefficient (Wildman–Crippen LogP) is 3.74. The van der Waals surface area contributed by atoms with Gasteiger partial charge in [0.05, 0.1) is 21.8 Å². The molecule has 0 bridgehead atoms. The van der Waals surface area contributed by atoms with Gasteiger partial charge in [-0.3, -0.25) is 0 Å². The van der Waals surface area contributed by atoms with Crippen molar-refractivity contribution in [2.45, 2.75) is 25.1 Å². The number of halogens is 3. The first-order valence-electron chi connectivity index (χ1n) is 5.75. The number of benzene rings is 1. The Hall–Kier alpha value is -1.14. The molecule has 1 aromatic heterocycles. The monoisotopic (exact) mass is 272 g/mol. The van der Waals surface area contributed by atoms with Gasteiger partial charge in [-0.15, -0.1) is 11.3 Å². The van der Waals surface area contributed by atoms with Gasteiger partial charge in [0.2, 0.25) is 0 Å². The summed E-state index contributed by atoms with van der Waals surface area (Å²) >= 11 is 1.47. The van der Waals surface area contributed by atoms with E-state index in [-0.39, 0.29) is 6.04 Å². The normalized spacial score (nSPS) is 20.7. The molecule has 1 atom stereocenters. The van der Waals surface area contributed by atoms with E-state index in [9.17, 15) is 13.2 Å². The number of fused-ring (bicyclic) bond motifs is 1. The predicted molar refractivity (Wildman–Crippen MR) is 64.6 cm³/mol. The number of thiazole rings is 1. The third kappa shape index (κ3) is 2.10. The smallest absolute Gasteiger partial charge is 0.308 e. The molecule has 0 saturated carbocycles. The summed E-state index contributed by atoms with van der Waals surface area (Å²) in [7, 11) is 0. The van der Waals surface area contributed by atoms with Crippen LogP contribution in [0.25, 0.3) is 10.2 Å². The summed E-state index contributed by atoms with van der Waals surface area (Å²) in [6.07, 6.45) is -2.20. The Bertz CT molecular complexity index is 570. The van der Waals surface area contributed by atoms with Crippen LogP contribution in [0.5, 0.6) is 0 Å². The zero-order valence-corrected chi connectivity index (χ0v) is 10.2. The molecule has 1 saturated heterocycles. The van der Waals surface area contributed by atoms with Crippen molar-refractivity contribution in [3.05, 3.63) is 28.8 Å². The van der Waals surface area contributed by atoms with Gasteiger partial charge >= 0.3 is 6.18 Å². The molecular formula is C12H11F3N2S. The van der Waals surface area contributed by atoms with Crippen LogP contribution < -0.4 is 5.32 Å². The van der Waals surface area contributed by atoms with Gasteiger partial charge in [-0.2, -0.15) is 13.2 Å². The lowest BCUT2D eigenvalue weighted by molar-refractivity contribution is -0.137. The van der Waals surface area contributed by atoms with Gasteiger partial charge in [0, 0.05) is 0 Å². The summed E-state index contributed by atoms with van der Waals surface area (Å²) in [5.74, 6) is 0. The van der Waals surface area contributed by atoms with Crippen LogP contribution in [0.15, 0.2) is 18.2 Å². The van der Waals surface area contributed by atoms with Crippen LogP contribution in [0.4, 0.5) is 13.2 Å². The van der Waals surface area contributed by atoms with E-state index in [1.807, 2.05) is 0 Å². The molecule has 96 valence electrons. The van der Waals surface area contributed by atoms with Gasteiger partial charge in [0.25, 0.3) is 0 Å². The fraction of sp³-hybridized carbons (Fsp3) is 0.417. The largest absolute Gasteiger partial charge is 0.416 e. The highest BCUT2D eigenvalue weighted by Gasteiger charge is 2.31. The lowest BCUT2D eigenvalue weighted by atomic mass is 10.2. The summed E-state index contributed by atoms with van der Waals surface area (Å²) in [4.78, 5) is 4.32. The Morgan fingerprint density at radius 2 is 2.17 bits per heavy atom. The second kappa shape index (κ2) is 4.20. The Labute approximate surface area is 106 Å². The standard InChI is InChI=1S/C12H11F3N2S/c13-12(14,15)7-3-4-10-9(6-7)17-11(18-10)8-2-1-5-16-8/h3-4,6,8,16H,1-2,5H2. The zero-order valence-electron chi connectivity index (χ0n) is 9.42. The summed E-state index contributed by atoms with van der Waals surface area (Å²) in [5.41, 5.74) is -0.190. The van der Waals surface area contributed by atoms with Gasteiger partial charge in [0.15, 0.2) is 0 Å². The number of hydrogen-bond donors (Lipinski definition) is 1. The molecule has 1 unspecified atom stereocenters. The number of alkyl halides is 3. The molecule has 3 rings (SSSR count). The van der Waals surface area contributed by atoms with E-state index in [4.69, 9.17) is 0 Å². The zero-order chi connectivity index (χ0) is 12.8. The van der Waals surface area contributed by atoms with Gasteiger partial charge in [-0.1, -0.05) is 0 Å². The first-order chi connectivity index (χ1) is 8.54. The molecule has 2 nitrogen and oxygen atoms in total. The van der Waals surface area contributed by atoms with Crippen LogP contribution in [0.2, 0.25) is 0 Å². The van der Waals surface area contributed by atoms with E-state index in [0.717, 1.165) is 41.2 Å². The van der Waals surface area contributed by atoms with E-state index >= 15 is 0 Å². The van der Waals surface area contributed by atoms with Crippen LogP contribution in [-0.2, 0) is 6.18 Å². The lowest BCUT2D eigenvalue weighted by Crippen LogP contribution is -2.12. The Balaban J connectivity index is 2.01. The topological polar surface area (TPSA) is 24.9 Å². The average Bonchev–Trinajstić information content (AvgIpc) is 2.95. The minimum Gasteiger partial charge on any atom is -0.308 e. The molecule has 0 aliphatic carbocycles. The maximum absolute atomic E-state index is 12.6. The van der Waals surface area contributed by atoms with Crippen molar-refractivity contribution in [3.8, 4) is 0 Å². The Morgan fingerprint density at radius 3 is 2.83 bits per heavy atom. The van der Waals surface area contributed by atoms with Crippen LogP contribution in [-0.4, -0.2) is 11.5 Å². The number of nitrogens with one attached hydrogen (secondary N) is 1. The van der Waals surface area contributed by atoms with Gasteiger partial charge < -0.3 is 5.32 Å². The van der Waals surface area contributed by atoms with Crippen LogP contribution in [0.3, 0.4) is 0 Å². The maximum Gasteiger partial charge on any atom is 0.416 e. The molecule has 2 heterocycles. The summed E-state index contributed by atoms with van der Waals surface area (Å²) < 4.78 is 38.6. The van der Waals surface area contributed by atoms with Crippen LogP contribution in [0, 0.1) is 0 Å². The quantitative estimate of drug-likeness (QED) is 0.855. The number of nitrogens with zero attached hydrogens (tertiary/aromatic N) is 1. The van der Waals surface area contributed by atoms with Crippen molar-refractivity contribution in [2.24, 2.45) is 0 Å². The van der Waals surface area contributed by atoms with E-state index < -0.39 is 11.7 Å². The molecule has 1 aliphatic rings. The summed E-state index contributed by atoms with van der Waals surface area (Å²) in [6.45, 7) is 0.953. The molecule has 1 N–H and O–H groups in total. The molecule has 18 heavy (non-hydrogen) atoms. The van der Waals surface area contributed by atoms with Crippen LogP contribution in [0.1, 0.15) is 29.5 Å². The van der Waals surface area contributed by atoms with Crippen molar-refractivity contribution < 1.29 is 13.2 Å². The number of rotatable bonds is 1. The Kier molecular flexibility index (Phi) is 2.79. The molecule has 0 spiro atoms. The van der Waals surface area contributed by atoms with Crippen molar-refractivity contribution >= 4 is 21.6 Å². The van der Waals surface area contributed by atoms with E-state index in [0.29, 0.717) is 5.52 Å². The van der Waals surface area contributed by atoms with Gasteiger partial charge in [0.1, 0.15) is 5.01 Å². The minimum absolute atomic E-state index is 0.205. The van der Waals surface area contributed by atoms with Crippen molar-refractivity contribution in [3.63, 3.8) is 0 Å². The second-order valence-corrected chi connectivity index (χ2v) is 5.44.